The van der Waals surface area contributed by atoms with E-state index in [4.69, 9.17) is 4.74 Å². The molecule has 0 aliphatic carbocycles. The van der Waals surface area contributed by atoms with Crippen LogP contribution in [0, 0.1) is 10.5 Å². The van der Waals surface area contributed by atoms with Gasteiger partial charge in [0.25, 0.3) is 5.56 Å². The zero-order valence-electron chi connectivity index (χ0n) is 9.90. The number of hydrogen-bond acceptors (Lipinski definition) is 5. The molecular weight excluding hydrogens is 347 g/mol. The number of aromatic nitrogens is 4. The molecule has 2 heterocycles. The van der Waals surface area contributed by atoms with Crippen molar-refractivity contribution in [2.75, 3.05) is 7.11 Å². The highest BCUT2D eigenvalue weighted by Crippen LogP contribution is 2.11. The summed E-state index contributed by atoms with van der Waals surface area (Å²) in [6.45, 7) is 2.17. The Morgan fingerprint density at radius 1 is 1.39 bits per heavy atom. The van der Waals surface area contributed by atoms with Crippen LogP contribution < -0.4 is 5.56 Å². The Labute approximate surface area is 117 Å². The predicted molar refractivity (Wildman–Crippen MR) is 74.1 cm³/mol. The fourth-order valence-corrected chi connectivity index (χ4v) is 1.77. The summed E-state index contributed by atoms with van der Waals surface area (Å²) in [5, 5.41) is 0. The first-order chi connectivity index (χ1) is 8.61. The molecule has 1 N–H and O–H groups in total. The number of aryl methyl sites for hydroxylation is 1. The molecular formula is C11H11IN4O2. The van der Waals surface area contributed by atoms with Crippen molar-refractivity contribution in [1.29, 1.82) is 0 Å². The Morgan fingerprint density at radius 3 is 2.67 bits per heavy atom. The van der Waals surface area contributed by atoms with Crippen LogP contribution in [0.2, 0.25) is 0 Å². The van der Waals surface area contributed by atoms with Crippen molar-refractivity contribution in [3.05, 3.63) is 37.6 Å². The van der Waals surface area contributed by atoms with Gasteiger partial charge in [0.15, 0.2) is 11.6 Å². The maximum Gasteiger partial charge on any atom is 0.265 e. The summed E-state index contributed by atoms with van der Waals surface area (Å²) < 4.78 is 5.53. The smallest absolute Gasteiger partial charge is 0.265 e. The van der Waals surface area contributed by atoms with Crippen LogP contribution >= 0.6 is 22.6 Å². The summed E-state index contributed by atoms with van der Waals surface area (Å²) in [4.78, 5) is 27.0. The molecule has 0 fully saturated rings. The van der Waals surface area contributed by atoms with Gasteiger partial charge in [-0.15, -0.1) is 0 Å². The van der Waals surface area contributed by atoms with E-state index in [2.05, 4.69) is 19.9 Å². The van der Waals surface area contributed by atoms with Gasteiger partial charge in [-0.3, -0.25) is 4.79 Å². The Kier molecular flexibility index (Phi) is 4.02. The highest BCUT2D eigenvalue weighted by molar-refractivity contribution is 14.1. The minimum Gasteiger partial charge on any atom is -0.378 e. The molecule has 7 heteroatoms. The summed E-state index contributed by atoms with van der Waals surface area (Å²) in [6, 6.07) is 0. The van der Waals surface area contributed by atoms with Crippen molar-refractivity contribution in [3.8, 4) is 11.6 Å². The third-order valence-corrected chi connectivity index (χ3v) is 3.32. The average Bonchev–Trinajstić information content (AvgIpc) is 2.36. The van der Waals surface area contributed by atoms with Gasteiger partial charge in [-0.25, -0.2) is 15.0 Å². The number of nitrogens with one attached hydrogen (secondary N) is 1. The van der Waals surface area contributed by atoms with E-state index in [9.17, 15) is 4.79 Å². The van der Waals surface area contributed by atoms with Crippen molar-refractivity contribution in [3.63, 3.8) is 0 Å². The number of H-pyrrole nitrogens is 1. The van der Waals surface area contributed by atoms with Gasteiger partial charge < -0.3 is 9.72 Å². The normalized spacial score (nSPS) is 10.6. The Bertz CT molecular complexity index is 609. The van der Waals surface area contributed by atoms with Crippen molar-refractivity contribution >= 4 is 22.6 Å². The zero-order chi connectivity index (χ0) is 13.1. The number of ether oxygens (including phenoxy) is 1. The van der Waals surface area contributed by atoms with Crippen LogP contribution in [-0.2, 0) is 11.3 Å². The standard InChI is InChI=1S/C11H11IN4O2/c1-6-3-13-9(14-4-6)10-15-7(5-18-2)8(12)11(17)16-10/h3-4H,5H2,1-2H3,(H,15,16,17). The Balaban J connectivity index is 2.51. The minimum atomic E-state index is -0.211. The summed E-state index contributed by atoms with van der Waals surface area (Å²) in [5.41, 5.74) is 1.32. The molecule has 0 aliphatic heterocycles. The lowest BCUT2D eigenvalue weighted by atomic mass is 10.3. The number of hydrogen-bond donors (Lipinski definition) is 1. The van der Waals surface area contributed by atoms with Crippen LogP contribution in [0.3, 0.4) is 0 Å². The van der Waals surface area contributed by atoms with Crippen molar-refractivity contribution in [2.45, 2.75) is 13.5 Å². The molecule has 2 aromatic heterocycles. The first-order valence-electron chi connectivity index (χ1n) is 5.18. The molecule has 0 aromatic carbocycles. The monoisotopic (exact) mass is 358 g/mol. The summed E-state index contributed by atoms with van der Waals surface area (Å²) in [5.74, 6) is 0.749. The van der Waals surface area contributed by atoms with E-state index in [1.807, 2.05) is 29.5 Å². The highest BCUT2D eigenvalue weighted by atomic mass is 127. The molecule has 2 aromatic rings. The topological polar surface area (TPSA) is 80.8 Å². The fourth-order valence-electron chi connectivity index (χ4n) is 1.36. The van der Waals surface area contributed by atoms with Crippen LogP contribution in [-0.4, -0.2) is 27.0 Å². The largest absolute Gasteiger partial charge is 0.378 e. The second-order valence-electron chi connectivity index (χ2n) is 3.69. The van der Waals surface area contributed by atoms with Gasteiger partial charge in [0.1, 0.15) is 3.57 Å². The first kappa shape index (κ1) is 13.1. The molecule has 18 heavy (non-hydrogen) atoms. The van der Waals surface area contributed by atoms with Crippen LogP contribution in [0.4, 0.5) is 0 Å². The molecule has 0 bridgehead atoms. The van der Waals surface area contributed by atoms with Gasteiger partial charge in [-0.05, 0) is 35.1 Å². The molecule has 0 unspecified atom stereocenters. The van der Waals surface area contributed by atoms with E-state index >= 15 is 0 Å². The lowest BCUT2D eigenvalue weighted by molar-refractivity contribution is 0.180. The number of nitrogens with zero attached hydrogens (tertiary/aromatic N) is 3. The molecule has 0 amide bonds. The number of rotatable bonds is 3. The van der Waals surface area contributed by atoms with E-state index in [1.165, 1.54) is 0 Å². The van der Waals surface area contributed by atoms with Crippen LogP contribution in [0.5, 0.6) is 0 Å². The van der Waals surface area contributed by atoms with Crippen molar-refractivity contribution in [2.24, 2.45) is 0 Å². The quantitative estimate of drug-likeness (QED) is 0.837. The van der Waals surface area contributed by atoms with Crippen LogP contribution in [0.1, 0.15) is 11.3 Å². The number of aromatic amines is 1. The predicted octanol–water partition coefficient (Wildman–Crippen LogP) is 1.29. The van der Waals surface area contributed by atoms with Gasteiger partial charge in [0.05, 0.1) is 12.3 Å². The molecule has 0 aliphatic rings. The van der Waals surface area contributed by atoms with E-state index in [1.54, 1.807) is 19.5 Å². The van der Waals surface area contributed by atoms with Gasteiger partial charge in [0, 0.05) is 19.5 Å². The van der Waals surface area contributed by atoms with Crippen LogP contribution in [0.25, 0.3) is 11.6 Å². The van der Waals surface area contributed by atoms with E-state index in [0.717, 1.165) is 5.56 Å². The van der Waals surface area contributed by atoms with E-state index in [0.29, 0.717) is 20.9 Å². The number of methoxy groups -OCH3 is 1. The maximum atomic E-state index is 11.8. The molecule has 6 nitrogen and oxygen atoms in total. The number of halogens is 1. The summed E-state index contributed by atoms with van der Waals surface area (Å²) in [6.07, 6.45) is 3.35. The molecule has 2 rings (SSSR count). The lowest BCUT2D eigenvalue weighted by Crippen LogP contribution is -2.17. The van der Waals surface area contributed by atoms with E-state index < -0.39 is 0 Å². The second-order valence-corrected chi connectivity index (χ2v) is 4.77. The Hall–Kier alpha value is -1.35. The molecule has 0 atom stereocenters. The van der Waals surface area contributed by atoms with Gasteiger partial charge in [-0.2, -0.15) is 0 Å². The molecule has 0 saturated carbocycles. The molecule has 0 spiro atoms. The van der Waals surface area contributed by atoms with Gasteiger partial charge in [0.2, 0.25) is 0 Å². The van der Waals surface area contributed by atoms with Gasteiger partial charge in [-0.1, -0.05) is 0 Å². The van der Waals surface area contributed by atoms with Crippen molar-refractivity contribution in [1.82, 2.24) is 19.9 Å². The van der Waals surface area contributed by atoms with Crippen LogP contribution in [0.15, 0.2) is 17.2 Å². The average molecular weight is 358 g/mol. The first-order valence-corrected chi connectivity index (χ1v) is 6.26. The zero-order valence-corrected chi connectivity index (χ0v) is 12.1. The minimum absolute atomic E-state index is 0.211. The SMILES string of the molecule is COCc1nc(-c2ncc(C)cn2)[nH]c(=O)c1I. The Morgan fingerprint density at radius 2 is 2.06 bits per heavy atom. The molecule has 0 saturated heterocycles. The fraction of sp³-hybridized carbons (Fsp3) is 0.273. The third-order valence-electron chi connectivity index (χ3n) is 2.21. The van der Waals surface area contributed by atoms with E-state index in [-0.39, 0.29) is 12.2 Å². The molecule has 94 valence electrons. The summed E-state index contributed by atoms with van der Waals surface area (Å²) in [7, 11) is 1.56. The maximum absolute atomic E-state index is 11.8. The molecule has 0 radical (unpaired) electrons. The summed E-state index contributed by atoms with van der Waals surface area (Å²) >= 11 is 1.94. The third kappa shape index (κ3) is 2.72. The lowest BCUT2D eigenvalue weighted by Gasteiger charge is -2.05. The highest BCUT2D eigenvalue weighted by Gasteiger charge is 2.11. The van der Waals surface area contributed by atoms with Crippen molar-refractivity contribution < 1.29 is 4.74 Å². The van der Waals surface area contributed by atoms with Gasteiger partial charge >= 0.3 is 0 Å². The second kappa shape index (κ2) is 5.53.